The highest BCUT2D eigenvalue weighted by Gasteiger charge is 2.20. The van der Waals surface area contributed by atoms with Crippen LogP contribution in [0.2, 0.25) is 0 Å². The Hall–Kier alpha value is -6.92. The van der Waals surface area contributed by atoms with Crippen LogP contribution in [0.4, 0.5) is 17.2 Å². The van der Waals surface area contributed by atoms with E-state index in [4.69, 9.17) is 19.9 Å². The molecule has 6 nitrogen and oxygen atoms in total. The third-order valence-electron chi connectivity index (χ3n) is 10.3. The first-order valence-electron chi connectivity index (χ1n) is 19.3. The minimum absolute atomic E-state index is 0.246. The van der Waals surface area contributed by atoms with Gasteiger partial charge in [-0.3, -0.25) is 4.90 Å². The van der Waals surface area contributed by atoms with Gasteiger partial charge in [-0.2, -0.15) is 0 Å². The van der Waals surface area contributed by atoms with Crippen molar-refractivity contribution >= 4 is 39.0 Å². The van der Waals surface area contributed by atoms with E-state index in [-0.39, 0.29) is 11.8 Å². The fraction of sp³-hybridized carbons (Fsp3) is 0.120. The fourth-order valence-electron chi connectivity index (χ4n) is 7.40. The predicted octanol–water partition coefficient (Wildman–Crippen LogP) is 13.3. The monoisotopic (exact) mass is 726 g/mol. The van der Waals surface area contributed by atoms with Crippen LogP contribution in [0.25, 0.3) is 66.8 Å². The summed E-state index contributed by atoms with van der Waals surface area (Å²) < 4.78 is 0. The minimum atomic E-state index is 0.246. The molecule has 0 saturated carbocycles. The summed E-state index contributed by atoms with van der Waals surface area (Å²) in [5, 5.41) is 2.35. The average Bonchev–Trinajstić information content (AvgIpc) is 3.63. The van der Waals surface area contributed by atoms with E-state index >= 15 is 0 Å². The number of aromatic amines is 1. The van der Waals surface area contributed by atoms with E-state index < -0.39 is 0 Å². The summed E-state index contributed by atoms with van der Waals surface area (Å²) in [6, 6.07) is 55.0. The standard InChI is InChI=1S/C50H42N6/c1-32(2)44-31-45(33(3)4)55-50(54-44)37-29-46(52-47(30-37)42-22-15-21-41-40-20-11-12-23-43(40)53-49(41)42)36-26-35(34-16-7-5-8-17-34)27-39(28-36)56(38-18-9-6-10-19-38)48-24-13-14-25-51-48/h5-33,53H,1-4H3. The third-order valence-corrected chi connectivity index (χ3v) is 10.3. The highest BCUT2D eigenvalue weighted by molar-refractivity contribution is 6.11. The quantitative estimate of drug-likeness (QED) is 0.160. The van der Waals surface area contributed by atoms with Gasteiger partial charge in [0, 0.05) is 61.9 Å². The van der Waals surface area contributed by atoms with Crippen molar-refractivity contribution in [3.8, 4) is 45.0 Å². The summed E-state index contributed by atoms with van der Waals surface area (Å²) in [5.74, 6) is 2.02. The molecular weight excluding hydrogens is 685 g/mol. The average molecular weight is 727 g/mol. The van der Waals surface area contributed by atoms with E-state index in [1.165, 1.54) is 5.39 Å². The van der Waals surface area contributed by atoms with Crippen LogP contribution in [-0.4, -0.2) is 24.9 Å². The van der Waals surface area contributed by atoms with Crippen molar-refractivity contribution in [1.82, 2.24) is 24.9 Å². The van der Waals surface area contributed by atoms with Gasteiger partial charge in [-0.05, 0) is 89.7 Å². The number of nitrogens with one attached hydrogen (secondary N) is 1. The van der Waals surface area contributed by atoms with E-state index in [0.717, 1.165) is 84.2 Å². The second kappa shape index (κ2) is 14.7. The molecule has 0 spiro atoms. The fourth-order valence-corrected chi connectivity index (χ4v) is 7.40. The number of fused-ring (bicyclic) bond motifs is 3. The van der Waals surface area contributed by atoms with Gasteiger partial charge in [0.15, 0.2) is 5.82 Å². The Morgan fingerprint density at radius 3 is 1.88 bits per heavy atom. The van der Waals surface area contributed by atoms with Gasteiger partial charge in [0.05, 0.1) is 16.9 Å². The zero-order valence-corrected chi connectivity index (χ0v) is 32.0. The number of pyridine rings is 2. The second-order valence-corrected chi connectivity index (χ2v) is 14.9. The number of hydrogen-bond donors (Lipinski definition) is 1. The molecule has 0 fully saturated rings. The van der Waals surface area contributed by atoms with Gasteiger partial charge in [0.25, 0.3) is 0 Å². The zero-order chi connectivity index (χ0) is 38.2. The van der Waals surface area contributed by atoms with Crippen LogP contribution in [0.5, 0.6) is 0 Å². The molecule has 272 valence electrons. The largest absolute Gasteiger partial charge is 0.354 e. The van der Waals surface area contributed by atoms with E-state index in [9.17, 15) is 0 Å². The van der Waals surface area contributed by atoms with E-state index in [1.807, 2.05) is 30.5 Å². The number of hydrogen-bond acceptors (Lipinski definition) is 5. The molecule has 0 atom stereocenters. The minimum Gasteiger partial charge on any atom is -0.354 e. The molecule has 56 heavy (non-hydrogen) atoms. The summed E-state index contributed by atoms with van der Waals surface area (Å²) >= 11 is 0. The van der Waals surface area contributed by atoms with Crippen molar-refractivity contribution in [2.24, 2.45) is 0 Å². The molecule has 5 aromatic carbocycles. The van der Waals surface area contributed by atoms with Crippen molar-refractivity contribution in [2.45, 2.75) is 39.5 Å². The van der Waals surface area contributed by atoms with Gasteiger partial charge < -0.3 is 4.98 Å². The highest BCUT2D eigenvalue weighted by atomic mass is 15.2. The number of benzene rings is 5. The van der Waals surface area contributed by atoms with Crippen LogP contribution in [0, 0.1) is 0 Å². The first-order valence-corrected chi connectivity index (χ1v) is 19.3. The molecule has 6 heteroatoms. The van der Waals surface area contributed by atoms with Gasteiger partial charge >= 0.3 is 0 Å². The molecule has 0 bridgehead atoms. The molecule has 0 amide bonds. The molecular formula is C50H42N6. The lowest BCUT2D eigenvalue weighted by molar-refractivity contribution is 0.771. The Morgan fingerprint density at radius 2 is 1.14 bits per heavy atom. The van der Waals surface area contributed by atoms with Crippen LogP contribution in [0.15, 0.2) is 164 Å². The van der Waals surface area contributed by atoms with Crippen molar-refractivity contribution in [3.63, 3.8) is 0 Å². The number of para-hydroxylation sites is 3. The van der Waals surface area contributed by atoms with Gasteiger partial charge in [0.2, 0.25) is 0 Å². The summed E-state index contributed by atoms with van der Waals surface area (Å²) in [6.45, 7) is 8.75. The van der Waals surface area contributed by atoms with Gasteiger partial charge in [-0.15, -0.1) is 0 Å². The molecule has 9 rings (SSSR count). The normalized spacial score (nSPS) is 11.5. The molecule has 0 aliphatic rings. The van der Waals surface area contributed by atoms with E-state index in [2.05, 4.69) is 171 Å². The van der Waals surface area contributed by atoms with Crippen LogP contribution in [0.3, 0.4) is 0 Å². The second-order valence-electron chi connectivity index (χ2n) is 14.9. The Bertz CT molecular complexity index is 2740. The maximum atomic E-state index is 5.51. The Morgan fingerprint density at radius 1 is 0.482 bits per heavy atom. The molecule has 4 heterocycles. The van der Waals surface area contributed by atoms with Crippen LogP contribution < -0.4 is 4.90 Å². The molecule has 0 saturated heterocycles. The molecule has 0 radical (unpaired) electrons. The Labute approximate surface area is 327 Å². The molecule has 0 aliphatic heterocycles. The van der Waals surface area contributed by atoms with Crippen LogP contribution in [0.1, 0.15) is 50.9 Å². The van der Waals surface area contributed by atoms with Crippen molar-refractivity contribution < 1.29 is 0 Å². The lowest BCUT2D eigenvalue weighted by Crippen LogP contribution is -2.11. The van der Waals surface area contributed by atoms with Gasteiger partial charge in [-0.1, -0.05) is 119 Å². The Kier molecular flexibility index (Phi) is 9.16. The molecule has 0 aliphatic carbocycles. The van der Waals surface area contributed by atoms with Crippen molar-refractivity contribution in [3.05, 3.63) is 175 Å². The molecule has 1 N–H and O–H groups in total. The number of H-pyrrole nitrogens is 1. The maximum absolute atomic E-state index is 5.51. The molecule has 9 aromatic rings. The predicted molar refractivity (Wildman–Crippen MR) is 232 cm³/mol. The summed E-state index contributed by atoms with van der Waals surface area (Å²) in [7, 11) is 0. The zero-order valence-electron chi connectivity index (χ0n) is 32.0. The van der Waals surface area contributed by atoms with Crippen LogP contribution >= 0.6 is 0 Å². The summed E-state index contributed by atoms with van der Waals surface area (Å²) in [4.78, 5) is 26.6. The highest BCUT2D eigenvalue weighted by Crippen LogP contribution is 2.41. The lowest BCUT2D eigenvalue weighted by atomic mass is 9.97. The maximum Gasteiger partial charge on any atom is 0.159 e. The van der Waals surface area contributed by atoms with Gasteiger partial charge in [0.1, 0.15) is 5.82 Å². The topological polar surface area (TPSA) is 70.6 Å². The summed E-state index contributed by atoms with van der Waals surface area (Å²) in [6.07, 6.45) is 1.84. The van der Waals surface area contributed by atoms with Crippen molar-refractivity contribution in [1.29, 1.82) is 0 Å². The van der Waals surface area contributed by atoms with Crippen molar-refractivity contribution in [2.75, 3.05) is 4.90 Å². The molecule has 4 aromatic heterocycles. The van der Waals surface area contributed by atoms with E-state index in [0.29, 0.717) is 5.82 Å². The summed E-state index contributed by atoms with van der Waals surface area (Å²) in [5.41, 5.74) is 12.9. The smallest absolute Gasteiger partial charge is 0.159 e. The van der Waals surface area contributed by atoms with Gasteiger partial charge in [-0.25, -0.2) is 19.9 Å². The number of nitrogens with zero attached hydrogens (tertiary/aromatic N) is 5. The number of anilines is 3. The first kappa shape index (κ1) is 34.8. The SMILES string of the molecule is CC(C)c1cc(C(C)C)nc(-c2cc(-c3cc(-c4ccccc4)cc(N(c4ccccc4)c4ccccn4)c3)nc(-c3cccc4c3[nH]c3ccccc34)c2)n1. The third kappa shape index (κ3) is 6.71. The van der Waals surface area contributed by atoms with Crippen LogP contribution in [-0.2, 0) is 0 Å². The lowest BCUT2D eigenvalue weighted by Gasteiger charge is -2.25. The Balaban J connectivity index is 1.33. The van der Waals surface area contributed by atoms with E-state index in [1.54, 1.807) is 0 Å². The molecule has 0 unspecified atom stereocenters. The first-order chi connectivity index (χ1) is 27.4. The number of aromatic nitrogens is 5. The number of rotatable bonds is 9.